The first-order chi connectivity index (χ1) is 65.3. The van der Waals surface area contributed by atoms with Gasteiger partial charge in [-0.05, 0) is 226 Å². The first-order valence-electron chi connectivity index (χ1n) is 47.3. The van der Waals surface area contributed by atoms with Crippen LogP contribution >= 0.6 is 0 Å². The first kappa shape index (κ1) is 95.0. The lowest BCUT2D eigenvalue weighted by Gasteiger charge is -2.59. The van der Waals surface area contributed by atoms with Crippen LogP contribution in [0, 0.1) is 43.4 Å². The lowest BCUT2D eigenvalue weighted by molar-refractivity contribution is -0.132. The number of carbonyl (C=O) groups excluding carboxylic acids is 7. The first-order valence-corrected chi connectivity index (χ1v) is 47.3. The summed E-state index contributed by atoms with van der Waals surface area (Å²) in [6.07, 6.45) is 19.6. The summed E-state index contributed by atoms with van der Waals surface area (Å²) in [4.78, 5) is 103. The van der Waals surface area contributed by atoms with Gasteiger partial charge in [0.25, 0.3) is 0 Å². The molecule has 6 aromatic carbocycles. The van der Waals surface area contributed by atoms with Gasteiger partial charge < -0.3 is 109 Å². The number of phenolic OH excluding ortho intramolecular Hbond substituents is 8. The number of nitrogens with zero attached hydrogens (tertiary/aromatic N) is 7. The van der Waals surface area contributed by atoms with E-state index in [1.807, 2.05) is 92.5 Å². The maximum atomic E-state index is 12.9. The molecule has 5 unspecified atom stereocenters. The third kappa shape index (κ3) is 14.8. The van der Waals surface area contributed by atoms with E-state index in [1.54, 1.807) is 44.8 Å². The minimum atomic E-state index is -0.808. The monoisotopic (exact) mass is 1870 g/mol. The maximum absolute atomic E-state index is 12.9. The number of fused-ring (bicyclic) bond motifs is 5. The van der Waals surface area contributed by atoms with E-state index in [4.69, 9.17) is 28.4 Å². The molecule has 7 aromatic rings. The van der Waals surface area contributed by atoms with Crippen molar-refractivity contribution in [2.45, 2.75) is 193 Å². The molecule has 0 amide bonds. The molecule has 30 nitrogen and oxygen atoms in total. The van der Waals surface area contributed by atoms with Gasteiger partial charge in [-0.2, -0.15) is 0 Å². The highest BCUT2D eigenvalue weighted by molar-refractivity contribution is 5.99. The number of likely N-dealkylation sites (N-methyl/N-ethyl adjacent to an activating group) is 5. The lowest BCUT2D eigenvalue weighted by Crippen LogP contribution is -2.62. The molecule has 30 heteroatoms. The molecule has 22 rings (SSSR count). The minimum Gasteiger partial charge on any atom is -0.504 e. The second-order valence-corrected chi connectivity index (χ2v) is 40.7. The zero-order valence-corrected chi connectivity index (χ0v) is 80.1. The Bertz CT molecular complexity index is 6280. The summed E-state index contributed by atoms with van der Waals surface area (Å²) in [5.74, 6) is 0.714. The number of benzene rings is 6. The second kappa shape index (κ2) is 35.6. The van der Waals surface area contributed by atoms with Crippen LogP contribution in [0.4, 0.5) is 5.69 Å². The van der Waals surface area contributed by atoms with Gasteiger partial charge in [-0.25, -0.2) is 4.98 Å². The SMILES string of the molecule is COC1=CC2[C@@H]3[C@H](C)c4ccc(C)c(OC(C)=O)c4[C@]2(CCN3C)CC1=O.COC1=CC2[C@@H]3[C@H](CC(C)=O)c4ccc(O)c(O)c4[C@]2(CCN3C)CC1=O.COC1=CC2[C@@H]3[C@H](Nc4ccccc4C)c4ccc(O)c(O)c4[C@]2(CCN3C)CC1=O.COC1=CC2[C@@H]3[C@H](O)c4ccc(O)c(O)c4[C@]2(CCN3C)CC1=O.COC1=CC2[C@@H]3[C@H](n4ccnc4)c4ccc(O)c(O)c4[C@]2(CCN3C)CC1=O. The Kier molecular flexibility index (Phi) is 24.7. The molecule has 20 atom stereocenters. The molecule has 0 radical (unpaired) electrons. The van der Waals surface area contributed by atoms with E-state index in [0.29, 0.717) is 94.6 Å². The number of esters is 1. The number of aliphatic hydroxyl groups is 1. The van der Waals surface area contributed by atoms with E-state index >= 15 is 0 Å². The minimum absolute atomic E-state index is 0.0253. The number of methoxy groups -OCH3 is 5. The Morgan fingerprint density at radius 2 is 0.781 bits per heavy atom. The number of allylic oxidation sites excluding steroid dienone is 5. The number of likely N-dealkylation sites (tertiary alicyclic amines) is 5. The Balaban J connectivity index is 0.000000114. The molecule has 5 fully saturated rings. The molecule has 137 heavy (non-hydrogen) atoms. The number of ether oxygens (including phenoxy) is 6. The molecule has 724 valence electrons. The van der Waals surface area contributed by atoms with Gasteiger partial charge in [0.05, 0.1) is 60.1 Å². The number of rotatable bonds is 11. The van der Waals surface area contributed by atoms with Crippen LogP contribution in [0.25, 0.3) is 0 Å². The number of piperidine rings is 5. The number of Topliss-reactive ketones (excluding diaryl/α,β-unsaturated/α-hetero) is 6. The topological polar surface area (TPSA) is 403 Å². The maximum Gasteiger partial charge on any atom is 0.308 e. The number of anilines is 1. The average molecular weight is 1870 g/mol. The van der Waals surface area contributed by atoms with E-state index in [-0.39, 0.29) is 201 Å². The number of hydrogen-bond acceptors (Lipinski definition) is 29. The Hall–Kier alpha value is -12.3. The van der Waals surface area contributed by atoms with Crippen LogP contribution in [0.3, 0.4) is 0 Å². The van der Waals surface area contributed by atoms with Gasteiger partial charge in [-0.3, -0.25) is 33.7 Å². The molecule has 5 saturated heterocycles. The lowest BCUT2D eigenvalue weighted by atomic mass is 9.50. The summed E-state index contributed by atoms with van der Waals surface area (Å²) in [6, 6.07) is 25.5. The summed E-state index contributed by atoms with van der Waals surface area (Å²) >= 11 is 0. The van der Waals surface area contributed by atoms with E-state index in [1.165, 1.54) is 59.1 Å². The van der Waals surface area contributed by atoms with E-state index in [2.05, 4.69) is 88.0 Å². The van der Waals surface area contributed by atoms with Crippen molar-refractivity contribution in [1.82, 2.24) is 34.1 Å². The van der Waals surface area contributed by atoms with Gasteiger partial charge in [0.2, 0.25) is 0 Å². The molecular weight excluding hydrogens is 1750 g/mol. The van der Waals surface area contributed by atoms with Crippen molar-refractivity contribution in [2.75, 3.05) is 109 Å². The second-order valence-electron chi connectivity index (χ2n) is 40.7. The quantitative estimate of drug-likeness (QED) is 0.0327. The van der Waals surface area contributed by atoms with Crippen molar-refractivity contribution < 1.29 is 108 Å². The van der Waals surface area contributed by atoms with Crippen molar-refractivity contribution in [3.05, 3.63) is 230 Å². The highest BCUT2D eigenvalue weighted by Crippen LogP contribution is 2.68. The Morgan fingerprint density at radius 1 is 0.423 bits per heavy atom. The zero-order chi connectivity index (χ0) is 97.8. The van der Waals surface area contributed by atoms with Crippen molar-refractivity contribution in [1.29, 1.82) is 0 Å². The molecule has 15 aliphatic rings. The average Bonchev–Trinajstić information content (AvgIpc) is 1.55. The molecule has 5 aliphatic heterocycles. The summed E-state index contributed by atoms with van der Waals surface area (Å²) < 4.78 is 34.5. The van der Waals surface area contributed by atoms with Crippen LogP contribution < -0.4 is 10.1 Å². The van der Waals surface area contributed by atoms with E-state index in [9.17, 15) is 79.5 Å². The summed E-state index contributed by atoms with van der Waals surface area (Å²) in [7, 11) is 18.0. The van der Waals surface area contributed by atoms with Crippen LogP contribution in [0.2, 0.25) is 0 Å². The number of aromatic hydroxyl groups is 8. The molecule has 6 heterocycles. The molecule has 10 N–H and O–H groups in total. The predicted molar refractivity (Wildman–Crippen MR) is 505 cm³/mol. The number of aryl methyl sites for hydroxylation is 2. The fourth-order valence-corrected chi connectivity index (χ4v) is 28.0. The van der Waals surface area contributed by atoms with Crippen LogP contribution in [0.5, 0.6) is 51.7 Å². The summed E-state index contributed by atoms with van der Waals surface area (Å²) in [5, 5.41) is 98.8. The van der Waals surface area contributed by atoms with Crippen LogP contribution in [0.1, 0.15) is 188 Å². The van der Waals surface area contributed by atoms with E-state index in [0.717, 1.165) is 84.5 Å². The zero-order valence-electron chi connectivity index (χ0n) is 80.1. The largest absolute Gasteiger partial charge is 0.504 e. The van der Waals surface area contributed by atoms with Gasteiger partial charge in [0.15, 0.2) is 104 Å². The Morgan fingerprint density at radius 3 is 1.22 bits per heavy atom. The fraction of sp³-hybridized carbons (Fsp3) is 0.477. The van der Waals surface area contributed by atoms with Crippen molar-refractivity contribution >= 4 is 46.4 Å². The van der Waals surface area contributed by atoms with Crippen molar-refractivity contribution in [2.24, 2.45) is 29.6 Å². The number of nitrogens with one attached hydrogen (secondary N) is 1. The normalized spacial score (nSPS) is 32.0. The Labute approximate surface area is 796 Å². The number of ketones is 6. The molecule has 1 aromatic heterocycles. The van der Waals surface area contributed by atoms with E-state index < -0.39 is 27.8 Å². The highest BCUT2D eigenvalue weighted by Gasteiger charge is 2.66. The molecule has 0 spiro atoms. The fourth-order valence-electron chi connectivity index (χ4n) is 28.0. The van der Waals surface area contributed by atoms with Crippen LogP contribution in [-0.4, -0.2) is 254 Å². The predicted octanol–water partition coefficient (Wildman–Crippen LogP) is 12.1. The molecular formula is C107H124N8O22. The van der Waals surface area contributed by atoms with Gasteiger partial charge in [-0.1, -0.05) is 61.5 Å². The van der Waals surface area contributed by atoms with Crippen molar-refractivity contribution in [3.8, 4) is 51.7 Å². The number of para-hydroxylation sites is 1. The van der Waals surface area contributed by atoms with Gasteiger partial charge in [-0.15, -0.1) is 0 Å². The highest BCUT2D eigenvalue weighted by atomic mass is 16.5. The molecule has 10 aliphatic carbocycles. The van der Waals surface area contributed by atoms with Gasteiger partial charge in [0.1, 0.15) is 11.5 Å². The third-order valence-corrected chi connectivity index (χ3v) is 34.1. The number of aliphatic hydroxyl groups excluding tert-OH is 1. The number of imidazole rings is 1. The van der Waals surface area contributed by atoms with Gasteiger partial charge in [0, 0.05) is 184 Å². The number of phenols is 8. The molecule has 10 bridgehead atoms. The van der Waals surface area contributed by atoms with Crippen LogP contribution in [-0.2, 0) is 84.3 Å². The van der Waals surface area contributed by atoms with Crippen LogP contribution in [0.15, 0.2) is 163 Å². The standard InChI is InChI=1S/C25H28N2O4.C22H27NO4.C21H23N3O4.C21H25NO5.C18H21NO5/c1-14-6-4-5-7-17(14)26-22-15-8-9-18(28)24(30)21(15)25-10-11-27(2)23(22)16(25)12-20(31-3)19(29)13-25;1-12-6-7-15-13(2)20-16-10-18(26-5)17(25)11-22(16,8-9-23(20)4)19(15)21(12)27-14(3)24;1-23-7-5-21-10-15(26)16(28-2)9-13(21)19(23)18(24-8-6-22-11-24)12-3-4-14(25)20(27)17(12)21;1-11(23)8-13-12-4-5-15(24)20(26)18(12)21-6-7-22(2)19(13)14(21)9-17(27-3)16(25)10-21;1-19-6-5-18-8-12(21)13(24-2)7-10(18)15(19)16(22)9-3-4-11(20)17(23)14(9)18/h4-9,12,16,22-23,26,28,30H,10-11,13H2,1-3H3;6-7,10,13,16,20H,8-9,11H2,1-5H3;3-4,6,8-9,11,13,18-19,25,27H,5,7,10H2,1-2H3;4-5,9,13-14,19,24,26H,6-8,10H2,1-3H3;3-4,7,10,15-16,20,22-23H,5-6,8H2,1-2H3/t16?,22-,23-,25-;13-,16?,20+,22-;13?,18-,19-,21-;13-,14?,19+,21-;10?,15-,16-,18-/m11111/s1. The number of carbonyl (C=O) groups is 7. The smallest absolute Gasteiger partial charge is 0.308 e. The third-order valence-electron chi connectivity index (χ3n) is 34.1. The molecule has 0 saturated carbocycles. The summed E-state index contributed by atoms with van der Waals surface area (Å²) in [6.45, 7) is 13.3. The summed E-state index contributed by atoms with van der Waals surface area (Å²) in [5.41, 5.74) is 8.62. The van der Waals surface area contributed by atoms with Gasteiger partial charge >= 0.3 is 5.97 Å². The number of aromatic nitrogens is 2. The number of hydrogen-bond donors (Lipinski definition) is 10. The van der Waals surface area contributed by atoms with Crippen molar-refractivity contribution in [3.63, 3.8) is 0 Å².